The van der Waals surface area contributed by atoms with Crippen LogP contribution in [0.15, 0.2) is 121 Å². The first-order valence-corrected chi connectivity index (χ1v) is 18.4. The van der Waals surface area contributed by atoms with Crippen molar-refractivity contribution in [3.8, 4) is 0 Å². The molecule has 1 nitrogen and oxygen atoms in total. The summed E-state index contributed by atoms with van der Waals surface area (Å²) in [5.41, 5.74) is 1.26. The Labute approximate surface area is 283 Å². The average Bonchev–Trinajstić information content (AvgIpc) is 3.74. The van der Waals surface area contributed by atoms with Crippen molar-refractivity contribution >= 4 is 37.1 Å². The number of benzene rings is 4. The molecule has 4 heteroatoms. The molecule has 4 atom stereocenters. The first-order valence-electron chi connectivity index (χ1n) is 15.6. The topological polar surface area (TPSA) is 3.24 Å². The predicted octanol–water partition coefficient (Wildman–Crippen LogP) is 9.20. The van der Waals surface area contributed by atoms with E-state index < -0.39 is 15.8 Å². The Morgan fingerprint density at radius 2 is 0.841 bits per heavy atom. The summed E-state index contributed by atoms with van der Waals surface area (Å²) in [5, 5.41) is 6.07. The molecule has 2 aliphatic rings. The zero-order valence-corrected chi connectivity index (χ0v) is 30.4. The molecule has 0 heterocycles. The second-order valence-corrected chi connectivity index (χ2v) is 16.7. The minimum absolute atomic E-state index is 0. The Morgan fingerprint density at radius 3 is 1.16 bits per heavy atom. The fourth-order valence-corrected chi connectivity index (χ4v) is 13.8. The first kappa shape index (κ1) is 38.4. The Hall–Kier alpha value is -1.78. The van der Waals surface area contributed by atoms with Crippen LogP contribution < -0.4 is 21.2 Å². The van der Waals surface area contributed by atoms with Crippen molar-refractivity contribution in [1.82, 2.24) is 4.90 Å². The number of hydrogen-bond donors (Lipinski definition) is 0. The van der Waals surface area contributed by atoms with E-state index in [0.717, 1.165) is 0 Å². The molecule has 236 valence electrons. The molecule has 2 saturated carbocycles. The normalized spacial score (nSPS) is 19.7. The van der Waals surface area contributed by atoms with Gasteiger partial charge in [-0.1, -0.05) is 153 Å². The molecule has 0 amide bonds. The standard InChI is InChI=1S/C33H37NP2.C5H10.2CH3.Fe/c1-26(34(2)3)31-24-25-32(35(27-16-8-4-9-17-27)28-18-10-5-11-19-28)33(31)36(29-20-12-6-13-21-29)30-22-14-7-15-23-30;1-2-4-5-3-1;;;/h4-23,26,31-33H,24-25H2,1-3H3;1-5H2;2*1H3;/q;;2*-1;+2/t26-,31?,32?,33?;;;;/m1..../s1. The third kappa shape index (κ3) is 9.61. The summed E-state index contributed by atoms with van der Waals surface area (Å²) in [6.07, 6.45) is 10.1. The Morgan fingerprint density at radius 1 is 0.523 bits per heavy atom. The van der Waals surface area contributed by atoms with Gasteiger partial charge in [-0.3, -0.25) is 0 Å². The summed E-state index contributed by atoms with van der Waals surface area (Å²) in [5.74, 6) is 0.661. The van der Waals surface area contributed by atoms with Crippen LogP contribution in [-0.2, 0) is 17.1 Å². The van der Waals surface area contributed by atoms with Gasteiger partial charge in [0.15, 0.2) is 0 Å². The van der Waals surface area contributed by atoms with Gasteiger partial charge in [0.2, 0.25) is 0 Å². The van der Waals surface area contributed by atoms with Crippen molar-refractivity contribution in [2.24, 2.45) is 5.92 Å². The van der Waals surface area contributed by atoms with Crippen LogP contribution in [0, 0.1) is 20.8 Å². The van der Waals surface area contributed by atoms with Crippen molar-refractivity contribution in [3.05, 3.63) is 136 Å². The van der Waals surface area contributed by atoms with Crippen LogP contribution in [0.4, 0.5) is 0 Å². The SMILES string of the molecule is C1CCCC1.C[C@H](C1CCC(P(c2ccccc2)c2ccccc2)C1P(c1ccccc1)c1ccccc1)N(C)C.[CH3-].[CH3-].[Fe+2]. The minimum Gasteiger partial charge on any atom is -0.358 e. The van der Waals surface area contributed by atoms with E-state index >= 15 is 0 Å². The van der Waals surface area contributed by atoms with Crippen LogP contribution in [0.5, 0.6) is 0 Å². The van der Waals surface area contributed by atoms with Gasteiger partial charge in [0.1, 0.15) is 0 Å². The van der Waals surface area contributed by atoms with E-state index in [2.05, 4.69) is 147 Å². The molecule has 0 spiro atoms. The summed E-state index contributed by atoms with van der Waals surface area (Å²) >= 11 is 0. The minimum atomic E-state index is -0.511. The van der Waals surface area contributed by atoms with Gasteiger partial charge in [0, 0.05) is 6.04 Å². The molecule has 2 fully saturated rings. The molecule has 0 aliphatic heterocycles. The smallest absolute Gasteiger partial charge is 0.358 e. The summed E-state index contributed by atoms with van der Waals surface area (Å²) in [7, 11) is 3.54. The third-order valence-corrected chi connectivity index (χ3v) is 15.3. The summed E-state index contributed by atoms with van der Waals surface area (Å²) in [6.45, 7) is 2.46. The molecule has 4 aromatic rings. The van der Waals surface area contributed by atoms with Gasteiger partial charge in [0.05, 0.1) is 0 Å². The fraction of sp³-hybridized carbons (Fsp3) is 0.350. The maximum absolute atomic E-state index is 2.46. The van der Waals surface area contributed by atoms with E-state index in [1.165, 1.54) is 66.2 Å². The second-order valence-electron chi connectivity index (χ2n) is 11.9. The average molecular weight is 666 g/mol. The van der Waals surface area contributed by atoms with Crippen LogP contribution in [0.2, 0.25) is 0 Å². The van der Waals surface area contributed by atoms with Gasteiger partial charge < -0.3 is 19.8 Å². The van der Waals surface area contributed by atoms with E-state index in [0.29, 0.717) is 23.3 Å². The molecule has 4 aromatic carbocycles. The van der Waals surface area contributed by atoms with Gasteiger partial charge in [-0.25, -0.2) is 0 Å². The molecule has 0 N–H and O–H groups in total. The van der Waals surface area contributed by atoms with Crippen LogP contribution >= 0.6 is 15.8 Å². The van der Waals surface area contributed by atoms with Crippen LogP contribution in [0.25, 0.3) is 0 Å². The summed E-state index contributed by atoms with van der Waals surface area (Å²) in [6, 6.07) is 46.1. The van der Waals surface area contributed by atoms with E-state index in [4.69, 9.17) is 0 Å². The molecular weight excluding hydrogens is 612 g/mol. The maximum Gasteiger partial charge on any atom is 2.00 e. The predicted molar refractivity (Wildman–Crippen MR) is 198 cm³/mol. The van der Waals surface area contributed by atoms with Crippen molar-refractivity contribution in [2.45, 2.75) is 69.2 Å². The quantitative estimate of drug-likeness (QED) is 0.103. The molecule has 6 rings (SSSR count). The van der Waals surface area contributed by atoms with Crippen LogP contribution in [0.1, 0.15) is 51.9 Å². The molecule has 3 unspecified atom stereocenters. The molecule has 0 saturated heterocycles. The van der Waals surface area contributed by atoms with Gasteiger partial charge >= 0.3 is 17.1 Å². The van der Waals surface area contributed by atoms with E-state index in [1.54, 1.807) is 0 Å². The van der Waals surface area contributed by atoms with Crippen molar-refractivity contribution in [1.29, 1.82) is 0 Å². The Balaban J connectivity index is 0.000000769. The van der Waals surface area contributed by atoms with Crippen LogP contribution in [0.3, 0.4) is 0 Å². The number of hydrogen-bond acceptors (Lipinski definition) is 1. The maximum atomic E-state index is 2.46. The molecule has 0 radical (unpaired) electrons. The zero-order chi connectivity index (χ0) is 28.4. The monoisotopic (exact) mass is 665 g/mol. The van der Waals surface area contributed by atoms with Gasteiger partial charge in [-0.15, -0.1) is 0 Å². The van der Waals surface area contributed by atoms with Crippen LogP contribution in [-0.4, -0.2) is 36.4 Å². The zero-order valence-electron chi connectivity index (χ0n) is 27.5. The largest absolute Gasteiger partial charge is 2.00 e. The number of nitrogens with zero attached hydrogens (tertiary/aromatic N) is 1. The molecule has 0 aromatic heterocycles. The van der Waals surface area contributed by atoms with E-state index in [-0.39, 0.29) is 31.9 Å². The Bertz CT molecular complexity index is 1200. The number of rotatable bonds is 8. The van der Waals surface area contributed by atoms with E-state index in [9.17, 15) is 0 Å². The first-order chi connectivity index (χ1) is 20.1. The Kier molecular flexibility index (Phi) is 17.2. The van der Waals surface area contributed by atoms with Gasteiger partial charge in [-0.2, -0.15) is 0 Å². The molecule has 2 aliphatic carbocycles. The van der Waals surface area contributed by atoms with E-state index in [1.807, 2.05) is 0 Å². The van der Waals surface area contributed by atoms with Crippen molar-refractivity contribution in [2.75, 3.05) is 14.1 Å². The fourth-order valence-electron chi connectivity index (χ4n) is 6.81. The third-order valence-electron chi connectivity index (χ3n) is 9.08. The molecular formula is C40H53FeNP2. The second kappa shape index (κ2) is 19.7. The molecule has 44 heavy (non-hydrogen) atoms. The molecule has 0 bridgehead atoms. The summed E-state index contributed by atoms with van der Waals surface area (Å²) < 4.78 is 0. The van der Waals surface area contributed by atoms with Crippen molar-refractivity contribution in [3.63, 3.8) is 0 Å². The van der Waals surface area contributed by atoms with Gasteiger partial charge in [-0.05, 0) is 88.2 Å². The van der Waals surface area contributed by atoms with Crippen molar-refractivity contribution < 1.29 is 17.1 Å². The van der Waals surface area contributed by atoms with Gasteiger partial charge in [0.25, 0.3) is 0 Å². The summed E-state index contributed by atoms with van der Waals surface area (Å²) in [4.78, 5) is 2.46.